The third-order valence-corrected chi connectivity index (χ3v) is 2.62. The molecule has 1 aromatic carbocycles. The van der Waals surface area contributed by atoms with Crippen molar-refractivity contribution < 1.29 is 14.3 Å². The molecule has 0 bridgehead atoms. The predicted molar refractivity (Wildman–Crippen MR) is 55.8 cm³/mol. The molecule has 0 aromatic heterocycles. The second kappa shape index (κ2) is 4.10. The smallest absolute Gasteiger partial charge is 0.409 e. The number of benzene rings is 1. The van der Waals surface area contributed by atoms with Gasteiger partial charge in [0.05, 0.1) is 14.3 Å². The molecular weight excluding hydrogens is 311 g/mol. The highest BCUT2D eigenvalue weighted by molar-refractivity contribution is 14.1. The van der Waals surface area contributed by atoms with Gasteiger partial charge in [-0.2, -0.15) is 0 Å². The Labute approximate surface area is 92.0 Å². The summed E-state index contributed by atoms with van der Waals surface area (Å²) >= 11 is 7.15. The molecule has 13 heavy (non-hydrogen) atoms. The van der Waals surface area contributed by atoms with Gasteiger partial charge in [-0.15, -0.1) is 0 Å². The van der Waals surface area contributed by atoms with Crippen molar-refractivity contribution in [2.24, 2.45) is 0 Å². The molecule has 2 N–H and O–H groups in total. The van der Waals surface area contributed by atoms with Crippen molar-refractivity contribution in [1.29, 1.82) is 0 Å². The van der Waals surface area contributed by atoms with Gasteiger partial charge in [0.1, 0.15) is 0 Å². The number of rotatable bonds is 1. The van der Waals surface area contributed by atoms with Crippen molar-refractivity contribution in [2.45, 2.75) is 0 Å². The number of hydrogen-bond acceptors (Lipinski definition) is 1. The Kier molecular flexibility index (Phi) is 3.32. The van der Waals surface area contributed by atoms with E-state index in [9.17, 15) is 9.18 Å². The van der Waals surface area contributed by atoms with E-state index in [-0.39, 0.29) is 14.3 Å². The maximum Gasteiger partial charge on any atom is 0.409 e. The number of carboxylic acid groups (broad SMARTS) is 1. The highest BCUT2D eigenvalue weighted by Crippen LogP contribution is 2.26. The van der Waals surface area contributed by atoms with Crippen LogP contribution in [0.2, 0.25) is 5.02 Å². The maximum atomic E-state index is 13.1. The van der Waals surface area contributed by atoms with Crippen LogP contribution in [0.3, 0.4) is 0 Å². The predicted octanol–water partition coefficient (Wildman–Crippen LogP) is 3.17. The molecule has 0 unspecified atom stereocenters. The second-order valence-electron chi connectivity index (χ2n) is 2.15. The lowest BCUT2D eigenvalue weighted by atomic mass is 10.3. The zero-order chi connectivity index (χ0) is 10.0. The third kappa shape index (κ3) is 2.44. The zero-order valence-electron chi connectivity index (χ0n) is 6.14. The highest BCUT2D eigenvalue weighted by atomic mass is 127. The van der Waals surface area contributed by atoms with Gasteiger partial charge >= 0.3 is 6.09 Å². The molecule has 3 nitrogen and oxygen atoms in total. The van der Waals surface area contributed by atoms with E-state index in [1.54, 1.807) is 22.6 Å². The van der Waals surface area contributed by atoms with E-state index in [0.29, 0.717) is 0 Å². The number of halogens is 3. The lowest BCUT2D eigenvalue weighted by Gasteiger charge is -2.05. The first kappa shape index (κ1) is 10.5. The van der Waals surface area contributed by atoms with Crippen LogP contribution in [0.25, 0.3) is 0 Å². The summed E-state index contributed by atoms with van der Waals surface area (Å²) in [7, 11) is 0. The minimum absolute atomic E-state index is 0.0275. The monoisotopic (exact) mass is 315 g/mol. The first-order valence-electron chi connectivity index (χ1n) is 3.16. The van der Waals surface area contributed by atoms with Crippen LogP contribution >= 0.6 is 34.2 Å². The molecule has 0 saturated carbocycles. The molecule has 0 aliphatic carbocycles. The van der Waals surface area contributed by atoms with E-state index in [1.807, 2.05) is 0 Å². The van der Waals surface area contributed by atoms with Crippen LogP contribution in [0, 0.1) is 9.39 Å². The molecule has 0 heterocycles. The first-order valence-corrected chi connectivity index (χ1v) is 4.61. The Bertz CT molecular complexity index is 359. The summed E-state index contributed by atoms with van der Waals surface area (Å²) < 4.78 is 13.2. The van der Waals surface area contributed by atoms with Crippen LogP contribution in [0.4, 0.5) is 14.9 Å². The van der Waals surface area contributed by atoms with Crippen LogP contribution < -0.4 is 5.32 Å². The average molecular weight is 315 g/mol. The number of amides is 1. The Morgan fingerprint density at radius 3 is 2.77 bits per heavy atom. The first-order chi connectivity index (χ1) is 6.02. The fourth-order valence-electron chi connectivity index (χ4n) is 0.738. The van der Waals surface area contributed by atoms with Crippen molar-refractivity contribution in [3.63, 3.8) is 0 Å². The highest BCUT2D eigenvalue weighted by Gasteiger charge is 2.10. The molecule has 0 saturated heterocycles. The molecule has 0 atom stereocenters. The van der Waals surface area contributed by atoms with Crippen molar-refractivity contribution in [3.05, 3.63) is 26.5 Å². The van der Waals surface area contributed by atoms with Crippen molar-refractivity contribution in [3.8, 4) is 0 Å². The summed E-state index contributed by atoms with van der Waals surface area (Å²) in [6.45, 7) is 0. The van der Waals surface area contributed by atoms with Crippen LogP contribution in [-0.2, 0) is 0 Å². The van der Waals surface area contributed by atoms with Crippen LogP contribution in [0.1, 0.15) is 0 Å². The van der Waals surface area contributed by atoms with E-state index in [4.69, 9.17) is 16.7 Å². The Morgan fingerprint density at radius 2 is 2.23 bits per heavy atom. The van der Waals surface area contributed by atoms with Gasteiger partial charge < -0.3 is 5.11 Å². The van der Waals surface area contributed by atoms with Gasteiger partial charge in [-0.05, 0) is 34.7 Å². The number of anilines is 1. The summed E-state index contributed by atoms with van der Waals surface area (Å²) in [4.78, 5) is 10.2. The molecule has 0 radical (unpaired) electrons. The SMILES string of the molecule is O=C(O)Nc1ccc(Cl)c(F)c1I. The molecule has 1 amide bonds. The third-order valence-electron chi connectivity index (χ3n) is 1.28. The second-order valence-corrected chi connectivity index (χ2v) is 3.64. The van der Waals surface area contributed by atoms with Crippen molar-refractivity contribution in [2.75, 3.05) is 5.32 Å². The van der Waals surface area contributed by atoms with E-state index in [0.717, 1.165) is 0 Å². The molecular formula is C7H4ClFINO2. The Balaban J connectivity index is 3.10. The van der Waals surface area contributed by atoms with Crippen LogP contribution in [0.5, 0.6) is 0 Å². The van der Waals surface area contributed by atoms with E-state index < -0.39 is 11.9 Å². The summed E-state index contributed by atoms with van der Waals surface area (Å²) in [5.74, 6) is -0.617. The molecule has 70 valence electrons. The molecule has 1 aromatic rings. The largest absolute Gasteiger partial charge is 0.465 e. The summed E-state index contributed by atoms with van der Waals surface area (Å²) in [5, 5.41) is 10.4. The van der Waals surface area contributed by atoms with Gasteiger partial charge in [-0.3, -0.25) is 5.32 Å². The lowest BCUT2D eigenvalue weighted by Crippen LogP contribution is -2.09. The number of nitrogens with one attached hydrogen (secondary N) is 1. The Hall–Kier alpha value is -0.560. The summed E-state index contributed by atoms with van der Waals surface area (Å²) in [6.07, 6.45) is -1.24. The quantitative estimate of drug-likeness (QED) is 0.618. The zero-order valence-corrected chi connectivity index (χ0v) is 9.06. The van der Waals surface area contributed by atoms with Gasteiger partial charge in [0.25, 0.3) is 0 Å². The molecule has 0 aliphatic rings. The molecule has 1 rings (SSSR count). The van der Waals surface area contributed by atoms with Gasteiger partial charge in [-0.25, -0.2) is 9.18 Å². The van der Waals surface area contributed by atoms with Crippen molar-refractivity contribution >= 4 is 46.0 Å². The topological polar surface area (TPSA) is 49.3 Å². The van der Waals surface area contributed by atoms with Crippen LogP contribution in [0.15, 0.2) is 12.1 Å². The fourth-order valence-corrected chi connectivity index (χ4v) is 1.66. The van der Waals surface area contributed by atoms with Crippen LogP contribution in [-0.4, -0.2) is 11.2 Å². The molecule has 6 heteroatoms. The number of carbonyl (C=O) groups is 1. The van der Waals surface area contributed by atoms with Gasteiger partial charge in [-0.1, -0.05) is 11.6 Å². The average Bonchev–Trinajstić information content (AvgIpc) is 2.06. The van der Waals surface area contributed by atoms with E-state index >= 15 is 0 Å². The number of hydrogen-bond donors (Lipinski definition) is 2. The molecule has 0 aliphatic heterocycles. The lowest BCUT2D eigenvalue weighted by molar-refractivity contribution is 0.209. The molecule has 0 fully saturated rings. The van der Waals surface area contributed by atoms with Gasteiger partial charge in [0.2, 0.25) is 0 Å². The van der Waals surface area contributed by atoms with Gasteiger partial charge in [0.15, 0.2) is 5.82 Å². The minimum Gasteiger partial charge on any atom is -0.465 e. The van der Waals surface area contributed by atoms with Crippen molar-refractivity contribution in [1.82, 2.24) is 0 Å². The van der Waals surface area contributed by atoms with E-state index in [1.165, 1.54) is 12.1 Å². The minimum atomic E-state index is -1.24. The maximum absolute atomic E-state index is 13.1. The Morgan fingerprint density at radius 1 is 1.62 bits per heavy atom. The standard InChI is InChI=1S/C7H4ClFINO2/c8-3-1-2-4(11-7(12)13)6(10)5(3)9/h1-2,11H,(H,12,13). The summed E-state index contributed by atoms with van der Waals surface area (Å²) in [6, 6.07) is 2.70. The van der Waals surface area contributed by atoms with E-state index in [2.05, 4.69) is 5.32 Å². The normalized spacial score (nSPS) is 9.77. The van der Waals surface area contributed by atoms with Gasteiger partial charge in [0, 0.05) is 0 Å². The molecule has 0 spiro atoms. The summed E-state index contributed by atoms with van der Waals surface area (Å²) in [5.41, 5.74) is 0.190. The fraction of sp³-hybridized carbons (Fsp3) is 0.